The van der Waals surface area contributed by atoms with Crippen molar-refractivity contribution in [3.8, 4) is 0 Å². The number of hydrogen-bond donors (Lipinski definition) is 0. The molecule has 20 heavy (non-hydrogen) atoms. The molecule has 0 radical (unpaired) electrons. The van der Waals surface area contributed by atoms with Gasteiger partial charge in [0.25, 0.3) is 0 Å². The van der Waals surface area contributed by atoms with Crippen molar-refractivity contribution in [3.63, 3.8) is 0 Å². The van der Waals surface area contributed by atoms with Gasteiger partial charge < -0.3 is 4.90 Å². The smallest absolute Gasteiger partial charge is 0.171 e. The average molecular weight is 272 g/mol. The fraction of sp³-hybridized carbons (Fsp3) is 0.588. The monoisotopic (exact) mass is 272 g/mol. The number of nitrogens with zero attached hydrogens (tertiary/aromatic N) is 3. The topological polar surface area (TPSA) is 9.49 Å². The molecule has 108 valence electrons. The standard InChI is InChI=1S/C17H26N3/c1-18(2)17-8-10-20(14-17)12-11-19-9-7-15-5-3-4-6-16(15)13-19/h3-6,13,17H,7-12,14H2,1-2H3/q+1. The fourth-order valence-electron chi connectivity index (χ4n) is 3.30. The first-order valence-electron chi connectivity index (χ1n) is 7.78. The highest BCUT2D eigenvalue weighted by molar-refractivity contribution is 5.78. The Kier molecular flexibility index (Phi) is 4.18. The number of hydrogen-bond acceptors (Lipinski definition) is 2. The van der Waals surface area contributed by atoms with Crippen molar-refractivity contribution in [1.82, 2.24) is 9.80 Å². The Morgan fingerprint density at radius 3 is 2.95 bits per heavy atom. The first-order valence-corrected chi connectivity index (χ1v) is 7.78. The van der Waals surface area contributed by atoms with Crippen molar-refractivity contribution >= 4 is 6.21 Å². The molecule has 0 spiro atoms. The van der Waals surface area contributed by atoms with Crippen LogP contribution < -0.4 is 0 Å². The molecule has 1 saturated heterocycles. The second-order valence-corrected chi connectivity index (χ2v) is 6.32. The molecule has 2 aliphatic heterocycles. The van der Waals surface area contributed by atoms with Gasteiger partial charge in [0.05, 0.1) is 6.54 Å². The van der Waals surface area contributed by atoms with Crippen LogP contribution in [0, 0.1) is 0 Å². The molecule has 0 aliphatic carbocycles. The van der Waals surface area contributed by atoms with E-state index in [4.69, 9.17) is 0 Å². The second kappa shape index (κ2) is 6.06. The van der Waals surface area contributed by atoms with Gasteiger partial charge in [0.1, 0.15) is 6.54 Å². The van der Waals surface area contributed by atoms with Gasteiger partial charge in [-0.05, 0) is 38.7 Å². The summed E-state index contributed by atoms with van der Waals surface area (Å²) in [5.41, 5.74) is 2.91. The molecule has 0 amide bonds. The first kappa shape index (κ1) is 13.8. The highest BCUT2D eigenvalue weighted by Crippen LogP contribution is 2.14. The van der Waals surface area contributed by atoms with Gasteiger partial charge in [-0.3, -0.25) is 4.90 Å². The summed E-state index contributed by atoms with van der Waals surface area (Å²) in [7, 11) is 4.40. The van der Waals surface area contributed by atoms with Crippen LogP contribution in [0.1, 0.15) is 17.5 Å². The Hall–Kier alpha value is -1.19. The van der Waals surface area contributed by atoms with Crippen LogP contribution in [0.2, 0.25) is 0 Å². The van der Waals surface area contributed by atoms with E-state index in [-0.39, 0.29) is 0 Å². The zero-order valence-corrected chi connectivity index (χ0v) is 12.8. The maximum Gasteiger partial charge on any atom is 0.171 e. The largest absolute Gasteiger partial charge is 0.305 e. The molecule has 0 bridgehead atoms. The van der Waals surface area contributed by atoms with Crippen molar-refractivity contribution in [3.05, 3.63) is 35.4 Å². The summed E-state index contributed by atoms with van der Waals surface area (Å²) >= 11 is 0. The molecule has 1 fully saturated rings. The number of benzene rings is 1. The molecule has 3 heteroatoms. The quantitative estimate of drug-likeness (QED) is 0.765. The van der Waals surface area contributed by atoms with Crippen LogP contribution in [0.5, 0.6) is 0 Å². The Morgan fingerprint density at radius 2 is 2.15 bits per heavy atom. The van der Waals surface area contributed by atoms with Crippen LogP contribution >= 0.6 is 0 Å². The summed E-state index contributed by atoms with van der Waals surface area (Å²) in [6, 6.07) is 9.53. The van der Waals surface area contributed by atoms with Crippen molar-refractivity contribution in [2.75, 3.05) is 46.8 Å². The highest BCUT2D eigenvalue weighted by atomic mass is 15.2. The molecule has 1 atom stereocenters. The minimum absolute atomic E-state index is 0.751. The molecule has 0 N–H and O–H groups in total. The lowest BCUT2D eigenvalue weighted by Gasteiger charge is -2.20. The zero-order chi connectivity index (χ0) is 13.9. The van der Waals surface area contributed by atoms with E-state index in [1.54, 1.807) is 0 Å². The molecule has 3 rings (SSSR count). The van der Waals surface area contributed by atoms with Gasteiger partial charge in [0.15, 0.2) is 12.8 Å². The average Bonchev–Trinajstić information content (AvgIpc) is 2.94. The molecule has 1 aromatic carbocycles. The lowest BCUT2D eigenvalue weighted by molar-refractivity contribution is -0.524. The Balaban J connectivity index is 1.54. The van der Waals surface area contributed by atoms with E-state index in [0.717, 1.165) is 12.6 Å². The van der Waals surface area contributed by atoms with E-state index in [0.29, 0.717) is 0 Å². The predicted molar refractivity (Wildman–Crippen MR) is 83.8 cm³/mol. The number of likely N-dealkylation sites (N-methyl/N-ethyl adjacent to an activating group) is 1. The highest BCUT2D eigenvalue weighted by Gasteiger charge is 2.25. The third-order valence-corrected chi connectivity index (χ3v) is 4.73. The van der Waals surface area contributed by atoms with Gasteiger partial charge in [-0.15, -0.1) is 0 Å². The minimum atomic E-state index is 0.751. The third kappa shape index (κ3) is 3.10. The van der Waals surface area contributed by atoms with Crippen LogP contribution in [-0.2, 0) is 6.42 Å². The molecule has 0 aromatic heterocycles. The summed E-state index contributed by atoms with van der Waals surface area (Å²) in [6.07, 6.45) is 4.85. The van der Waals surface area contributed by atoms with E-state index in [2.05, 4.69) is 59.0 Å². The van der Waals surface area contributed by atoms with E-state index in [9.17, 15) is 0 Å². The first-order chi connectivity index (χ1) is 9.72. The summed E-state index contributed by atoms with van der Waals surface area (Å²) < 4.78 is 2.49. The van der Waals surface area contributed by atoms with E-state index < -0.39 is 0 Å². The Bertz CT molecular complexity index is 493. The molecule has 1 aromatic rings. The van der Waals surface area contributed by atoms with Gasteiger partial charge in [-0.1, -0.05) is 18.2 Å². The molecule has 2 heterocycles. The molecule has 2 aliphatic rings. The van der Waals surface area contributed by atoms with Crippen molar-refractivity contribution in [1.29, 1.82) is 0 Å². The SMILES string of the molecule is CN(C)C1CCN(CC[N+]2=Cc3ccccc3CC2)C1. The molecular weight excluding hydrogens is 246 g/mol. The summed E-state index contributed by atoms with van der Waals surface area (Å²) in [6.45, 7) is 6.02. The number of rotatable bonds is 4. The van der Waals surface area contributed by atoms with Gasteiger partial charge >= 0.3 is 0 Å². The van der Waals surface area contributed by atoms with Gasteiger partial charge in [-0.25, -0.2) is 4.58 Å². The van der Waals surface area contributed by atoms with Crippen LogP contribution in [0.15, 0.2) is 24.3 Å². The molecule has 1 unspecified atom stereocenters. The van der Waals surface area contributed by atoms with Crippen LogP contribution in [-0.4, -0.2) is 73.5 Å². The van der Waals surface area contributed by atoms with Crippen LogP contribution in [0.4, 0.5) is 0 Å². The van der Waals surface area contributed by atoms with Gasteiger partial charge in [-0.2, -0.15) is 0 Å². The van der Waals surface area contributed by atoms with E-state index in [1.807, 2.05) is 0 Å². The minimum Gasteiger partial charge on any atom is -0.305 e. The predicted octanol–water partition coefficient (Wildman–Crippen LogP) is 1.31. The van der Waals surface area contributed by atoms with Gasteiger partial charge in [0, 0.05) is 24.6 Å². The van der Waals surface area contributed by atoms with Crippen molar-refractivity contribution < 1.29 is 4.58 Å². The molecule has 3 nitrogen and oxygen atoms in total. The summed E-state index contributed by atoms with van der Waals surface area (Å²) in [5, 5.41) is 0. The number of fused-ring (bicyclic) bond motifs is 1. The summed E-state index contributed by atoms with van der Waals surface area (Å²) in [4.78, 5) is 4.97. The normalized spacial score (nSPS) is 22.9. The van der Waals surface area contributed by atoms with Crippen molar-refractivity contribution in [2.45, 2.75) is 18.9 Å². The lowest BCUT2D eigenvalue weighted by atomic mass is 10.0. The van der Waals surface area contributed by atoms with Gasteiger partial charge in [0.2, 0.25) is 0 Å². The maximum atomic E-state index is 2.61. The van der Waals surface area contributed by atoms with E-state index in [1.165, 1.54) is 50.1 Å². The summed E-state index contributed by atoms with van der Waals surface area (Å²) in [5.74, 6) is 0. The Morgan fingerprint density at radius 1 is 1.30 bits per heavy atom. The second-order valence-electron chi connectivity index (χ2n) is 6.32. The maximum absolute atomic E-state index is 2.61. The Labute approximate surface area is 122 Å². The molecular formula is C17H26N3+. The van der Waals surface area contributed by atoms with Crippen LogP contribution in [0.25, 0.3) is 0 Å². The fourth-order valence-corrected chi connectivity index (χ4v) is 3.30. The van der Waals surface area contributed by atoms with Crippen molar-refractivity contribution in [2.24, 2.45) is 0 Å². The van der Waals surface area contributed by atoms with Crippen LogP contribution in [0.3, 0.4) is 0 Å². The van der Waals surface area contributed by atoms with E-state index >= 15 is 0 Å². The molecule has 0 saturated carbocycles. The zero-order valence-electron chi connectivity index (χ0n) is 12.8. The lowest BCUT2D eigenvalue weighted by Crippen LogP contribution is -2.35. The third-order valence-electron chi connectivity index (χ3n) is 4.73. The number of likely N-dealkylation sites (tertiary alicyclic amines) is 1.